The molecule has 0 spiro atoms. The normalized spacial score (nSPS) is 12.8. The molecular weight excluding hydrogens is 210 g/mol. The van der Waals surface area contributed by atoms with Crippen molar-refractivity contribution >= 4 is 10.8 Å². The molecule has 0 fully saturated rings. The van der Waals surface area contributed by atoms with Gasteiger partial charge in [0.1, 0.15) is 0 Å². The Hall–Kier alpha value is -1.41. The Morgan fingerprint density at radius 2 is 2.00 bits per heavy atom. The Labute approximate surface area is 102 Å². The lowest BCUT2D eigenvalue weighted by molar-refractivity contribution is 0.165. The maximum atomic E-state index is 10.2. The molecule has 1 atom stereocenters. The van der Waals surface area contributed by atoms with E-state index in [1.165, 1.54) is 12.8 Å². The number of benzene rings is 1. The molecule has 0 amide bonds. The topological polar surface area (TPSA) is 33.1 Å². The molecule has 0 radical (unpaired) electrons. The maximum Gasteiger partial charge on any atom is 0.0811 e. The van der Waals surface area contributed by atoms with Crippen molar-refractivity contribution in [3.63, 3.8) is 0 Å². The molecule has 0 aliphatic rings. The molecule has 17 heavy (non-hydrogen) atoms. The molecule has 2 heteroatoms. The number of aliphatic hydroxyl groups is 1. The van der Waals surface area contributed by atoms with Gasteiger partial charge < -0.3 is 5.11 Å². The molecule has 1 aromatic carbocycles. The summed E-state index contributed by atoms with van der Waals surface area (Å²) in [5.74, 6) is 0. The maximum absolute atomic E-state index is 10.2. The molecule has 90 valence electrons. The van der Waals surface area contributed by atoms with Gasteiger partial charge in [-0.25, -0.2) is 0 Å². The molecule has 1 heterocycles. The fourth-order valence-electron chi connectivity index (χ4n) is 2.15. The predicted octanol–water partition coefficient (Wildman–Crippen LogP) is 3.85. The Bertz CT molecular complexity index is 476. The summed E-state index contributed by atoms with van der Waals surface area (Å²) in [6.07, 6.45) is 7.50. The molecule has 1 N–H and O–H groups in total. The van der Waals surface area contributed by atoms with Gasteiger partial charge in [-0.15, -0.1) is 0 Å². The van der Waals surface area contributed by atoms with Crippen LogP contribution in [0, 0.1) is 0 Å². The first-order valence-electron chi connectivity index (χ1n) is 6.33. The summed E-state index contributed by atoms with van der Waals surface area (Å²) >= 11 is 0. The van der Waals surface area contributed by atoms with Crippen molar-refractivity contribution in [2.24, 2.45) is 0 Å². The van der Waals surface area contributed by atoms with E-state index in [0.29, 0.717) is 0 Å². The number of pyridine rings is 1. The second-order valence-electron chi connectivity index (χ2n) is 4.46. The molecule has 0 saturated heterocycles. The Kier molecular flexibility index (Phi) is 4.10. The van der Waals surface area contributed by atoms with Crippen LogP contribution >= 0.6 is 0 Å². The highest BCUT2D eigenvalue weighted by molar-refractivity contribution is 5.84. The van der Waals surface area contributed by atoms with Gasteiger partial charge in [-0.05, 0) is 11.8 Å². The lowest BCUT2D eigenvalue weighted by atomic mass is 9.99. The van der Waals surface area contributed by atoms with Crippen LogP contribution < -0.4 is 0 Å². The summed E-state index contributed by atoms with van der Waals surface area (Å²) in [5.41, 5.74) is 0.958. The van der Waals surface area contributed by atoms with Crippen LogP contribution in [0.3, 0.4) is 0 Å². The van der Waals surface area contributed by atoms with Gasteiger partial charge in [0.25, 0.3) is 0 Å². The van der Waals surface area contributed by atoms with Gasteiger partial charge in [-0.3, -0.25) is 4.98 Å². The van der Waals surface area contributed by atoms with Crippen LogP contribution in [-0.4, -0.2) is 10.1 Å². The van der Waals surface area contributed by atoms with Gasteiger partial charge in [-0.1, -0.05) is 50.5 Å². The van der Waals surface area contributed by atoms with Crippen molar-refractivity contribution < 1.29 is 5.11 Å². The van der Waals surface area contributed by atoms with Crippen molar-refractivity contribution in [1.82, 2.24) is 4.98 Å². The first-order valence-corrected chi connectivity index (χ1v) is 6.33. The third kappa shape index (κ3) is 2.83. The largest absolute Gasteiger partial charge is 0.388 e. The molecule has 2 nitrogen and oxygen atoms in total. The fraction of sp³-hybridized carbons (Fsp3) is 0.400. The van der Waals surface area contributed by atoms with E-state index in [9.17, 15) is 5.11 Å². The standard InChI is InChI=1S/C15H19NO/c1-2-3-4-9-15(17)14-11-16-10-12-7-5-6-8-13(12)14/h5-8,10-11,15,17H,2-4,9H2,1H3/t15-/m0/s1. The van der Waals surface area contributed by atoms with Crippen LogP contribution in [-0.2, 0) is 0 Å². The summed E-state index contributed by atoms with van der Waals surface area (Å²) in [4.78, 5) is 4.20. The van der Waals surface area contributed by atoms with Crippen molar-refractivity contribution in [2.75, 3.05) is 0 Å². The highest BCUT2D eigenvalue weighted by Crippen LogP contribution is 2.26. The number of unbranched alkanes of at least 4 members (excludes halogenated alkanes) is 2. The number of aliphatic hydroxyl groups excluding tert-OH is 1. The smallest absolute Gasteiger partial charge is 0.0811 e. The number of fused-ring (bicyclic) bond motifs is 1. The summed E-state index contributed by atoms with van der Waals surface area (Å²) in [7, 11) is 0. The van der Waals surface area contributed by atoms with Gasteiger partial charge in [0, 0.05) is 23.3 Å². The number of hydrogen-bond donors (Lipinski definition) is 1. The van der Waals surface area contributed by atoms with Crippen LogP contribution in [0.2, 0.25) is 0 Å². The van der Waals surface area contributed by atoms with Crippen molar-refractivity contribution in [2.45, 2.75) is 38.7 Å². The molecule has 0 unspecified atom stereocenters. The van der Waals surface area contributed by atoms with E-state index in [2.05, 4.69) is 18.0 Å². The number of rotatable bonds is 5. The zero-order valence-electron chi connectivity index (χ0n) is 10.3. The summed E-state index contributed by atoms with van der Waals surface area (Å²) < 4.78 is 0. The zero-order valence-corrected chi connectivity index (χ0v) is 10.3. The highest BCUT2D eigenvalue weighted by atomic mass is 16.3. The summed E-state index contributed by atoms with van der Waals surface area (Å²) in [5, 5.41) is 12.4. The third-order valence-electron chi connectivity index (χ3n) is 3.14. The molecule has 0 saturated carbocycles. The minimum Gasteiger partial charge on any atom is -0.388 e. The van der Waals surface area contributed by atoms with Crippen LogP contribution in [0.1, 0.15) is 44.3 Å². The SMILES string of the molecule is CCCCC[C@H](O)c1cncc2ccccc12. The van der Waals surface area contributed by atoms with Crippen molar-refractivity contribution in [3.05, 3.63) is 42.2 Å². The van der Waals surface area contributed by atoms with Crippen LogP contribution in [0.25, 0.3) is 10.8 Å². The first-order chi connectivity index (χ1) is 8.33. The van der Waals surface area contributed by atoms with E-state index >= 15 is 0 Å². The monoisotopic (exact) mass is 229 g/mol. The van der Waals surface area contributed by atoms with Gasteiger partial charge in [0.2, 0.25) is 0 Å². The fourth-order valence-corrected chi connectivity index (χ4v) is 2.15. The second-order valence-corrected chi connectivity index (χ2v) is 4.46. The number of aromatic nitrogens is 1. The van der Waals surface area contributed by atoms with Gasteiger partial charge in [-0.2, -0.15) is 0 Å². The average Bonchev–Trinajstić information content (AvgIpc) is 2.38. The Balaban J connectivity index is 2.22. The van der Waals surface area contributed by atoms with Gasteiger partial charge in [0.05, 0.1) is 6.10 Å². The van der Waals surface area contributed by atoms with Crippen LogP contribution in [0.15, 0.2) is 36.7 Å². The molecule has 2 aromatic rings. The Morgan fingerprint density at radius 3 is 2.82 bits per heavy atom. The minimum absolute atomic E-state index is 0.389. The highest BCUT2D eigenvalue weighted by Gasteiger charge is 2.10. The zero-order chi connectivity index (χ0) is 12.1. The molecular formula is C15H19NO. The van der Waals surface area contributed by atoms with Crippen LogP contribution in [0.5, 0.6) is 0 Å². The van der Waals surface area contributed by atoms with E-state index in [0.717, 1.165) is 29.2 Å². The van der Waals surface area contributed by atoms with Crippen molar-refractivity contribution in [1.29, 1.82) is 0 Å². The molecule has 2 rings (SSSR count). The first kappa shape index (κ1) is 12.1. The van der Waals surface area contributed by atoms with Crippen molar-refractivity contribution in [3.8, 4) is 0 Å². The number of hydrogen-bond acceptors (Lipinski definition) is 2. The lowest BCUT2D eigenvalue weighted by Crippen LogP contribution is -1.99. The molecule has 1 aromatic heterocycles. The Morgan fingerprint density at radius 1 is 1.18 bits per heavy atom. The lowest BCUT2D eigenvalue weighted by Gasteiger charge is -2.12. The van der Waals surface area contributed by atoms with E-state index in [1.807, 2.05) is 24.4 Å². The van der Waals surface area contributed by atoms with Gasteiger partial charge >= 0.3 is 0 Å². The van der Waals surface area contributed by atoms with E-state index in [1.54, 1.807) is 6.20 Å². The molecule has 0 bridgehead atoms. The number of nitrogens with zero attached hydrogens (tertiary/aromatic N) is 1. The van der Waals surface area contributed by atoms with E-state index in [-0.39, 0.29) is 6.10 Å². The quantitative estimate of drug-likeness (QED) is 0.790. The van der Waals surface area contributed by atoms with E-state index < -0.39 is 0 Å². The summed E-state index contributed by atoms with van der Waals surface area (Å²) in [6.45, 7) is 2.17. The van der Waals surface area contributed by atoms with E-state index in [4.69, 9.17) is 0 Å². The molecule has 0 aliphatic carbocycles. The second kappa shape index (κ2) is 5.78. The van der Waals surface area contributed by atoms with Gasteiger partial charge in [0.15, 0.2) is 0 Å². The predicted molar refractivity (Wildman–Crippen MR) is 70.8 cm³/mol. The minimum atomic E-state index is -0.389. The average molecular weight is 229 g/mol. The molecule has 0 aliphatic heterocycles. The third-order valence-corrected chi connectivity index (χ3v) is 3.14. The van der Waals surface area contributed by atoms with Crippen LogP contribution in [0.4, 0.5) is 0 Å². The summed E-state index contributed by atoms with van der Waals surface area (Å²) in [6, 6.07) is 8.09.